The lowest BCUT2D eigenvalue weighted by molar-refractivity contribution is 0.0734. The molecule has 140 valence electrons. The highest BCUT2D eigenvalue weighted by atomic mass is 16.2. The van der Waals surface area contributed by atoms with E-state index in [-0.39, 0.29) is 11.5 Å². The molecule has 2 heterocycles. The fourth-order valence-corrected chi connectivity index (χ4v) is 3.66. The summed E-state index contributed by atoms with van der Waals surface area (Å²) in [5.41, 5.74) is 3.13. The van der Waals surface area contributed by atoms with Gasteiger partial charge in [-0.1, -0.05) is 6.07 Å². The Bertz CT molecular complexity index is 852. The Hall–Kier alpha value is -2.34. The molecule has 2 aromatic rings. The molecule has 1 atom stereocenters. The molecule has 1 amide bonds. The Labute approximate surface area is 154 Å². The second-order valence-corrected chi connectivity index (χ2v) is 7.57. The molecule has 3 rings (SSSR count). The first kappa shape index (κ1) is 18.5. The topological polar surface area (TPSA) is 61.3 Å². The Morgan fingerprint density at radius 2 is 2.04 bits per heavy atom. The van der Waals surface area contributed by atoms with Gasteiger partial charge in [0.25, 0.3) is 11.5 Å². The number of likely N-dealkylation sites (tertiary alicyclic amines) is 1. The number of nitrogens with zero attached hydrogens (tertiary/aromatic N) is 3. The number of aryl methyl sites for hydroxylation is 2. The summed E-state index contributed by atoms with van der Waals surface area (Å²) in [6, 6.07) is 7.20. The normalized spacial score (nSPS) is 18.1. The molecule has 6 nitrogen and oxygen atoms in total. The number of benzene rings is 1. The van der Waals surface area contributed by atoms with Crippen molar-refractivity contribution in [2.75, 3.05) is 33.7 Å². The van der Waals surface area contributed by atoms with Gasteiger partial charge in [0.2, 0.25) is 0 Å². The lowest BCUT2D eigenvalue weighted by atomic mass is 9.98. The van der Waals surface area contributed by atoms with Crippen LogP contribution >= 0.6 is 0 Å². The van der Waals surface area contributed by atoms with E-state index in [0.717, 1.165) is 30.8 Å². The first-order valence-electron chi connectivity index (χ1n) is 9.19. The third kappa shape index (κ3) is 3.90. The zero-order chi connectivity index (χ0) is 18.8. The number of amides is 1. The zero-order valence-electron chi connectivity index (χ0n) is 16.1. The Balaban J connectivity index is 1.76. The Morgan fingerprint density at radius 3 is 2.73 bits per heavy atom. The lowest BCUT2D eigenvalue weighted by Crippen LogP contribution is -2.40. The molecule has 0 aliphatic carbocycles. The first-order chi connectivity index (χ1) is 12.3. The van der Waals surface area contributed by atoms with Gasteiger partial charge in [-0.05, 0) is 69.5 Å². The molecule has 6 heteroatoms. The second-order valence-electron chi connectivity index (χ2n) is 7.57. The predicted molar refractivity (Wildman–Crippen MR) is 103 cm³/mol. The van der Waals surface area contributed by atoms with Gasteiger partial charge in [0.05, 0.1) is 5.69 Å². The SMILES string of the molecule is Cc1ccc(-n2[nH]c(C(=O)N(C)CC3CCCN(C)C3)cc2=O)cc1C. The van der Waals surface area contributed by atoms with E-state index in [1.165, 1.54) is 22.7 Å². The molecule has 0 bridgehead atoms. The number of aromatic amines is 1. The predicted octanol–water partition coefficient (Wildman–Crippen LogP) is 2.20. The van der Waals surface area contributed by atoms with Crippen LogP contribution in [0.5, 0.6) is 0 Å². The highest BCUT2D eigenvalue weighted by Gasteiger charge is 2.22. The van der Waals surface area contributed by atoms with E-state index in [1.807, 2.05) is 39.1 Å². The number of piperidine rings is 1. The zero-order valence-corrected chi connectivity index (χ0v) is 16.1. The summed E-state index contributed by atoms with van der Waals surface area (Å²) in [6.07, 6.45) is 2.31. The van der Waals surface area contributed by atoms with Crippen molar-refractivity contribution in [2.45, 2.75) is 26.7 Å². The molecule has 0 spiro atoms. The summed E-state index contributed by atoms with van der Waals surface area (Å²) in [6.45, 7) is 6.88. The maximum absolute atomic E-state index is 12.7. The van der Waals surface area contributed by atoms with Crippen LogP contribution in [0.3, 0.4) is 0 Å². The number of hydrogen-bond acceptors (Lipinski definition) is 3. The number of nitrogens with one attached hydrogen (secondary N) is 1. The quantitative estimate of drug-likeness (QED) is 0.914. The van der Waals surface area contributed by atoms with Gasteiger partial charge in [-0.3, -0.25) is 14.7 Å². The third-order valence-electron chi connectivity index (χ3n) is 5.30. The van der Waals surface area contributed by atoms with Gasteiger partial charge in [0, 0.05) is 26.2 Å². The highest BCUT2D eigenvalue weighted by molar-refractivity contribution is 5.92. The molecule has 1 aromatic heterocycles. The van der Waals surface area contributed by atoms with Gasteiger partial charge >= 0.3 is 0 Å². The van der Waals surface area contributed by atoms with Crippen molar-refractivity contribution in [3.63, 3.8) is 0 Å². The summed E-state index contributed by atoms with van der Waals surface area (Å²) < 4.78 is 1.43. The highest BCUT2D eigenvalue weighted by Crippen LogP contribution is 2.17. The summed E-state index contributed by atoms with van der Waals surface area (Å²) in [5, 5.41) is 2.97. The number of carbonyl (C=O) groups is 1. The van der Waals surface area contributed by atoms with Crippen molar-refractivity contribution in [2.24, 2.45) is 5.92 Å². The van der Waals surface area contributed by atoms with Crippen LogP contribution in [0.25, 0.3) is 5.69 Å². The van der Waals surface area contributed by atoms with E-state index in [9.17, 15) is 9.59 Å². The van der Waals surface area contributed by atoms with Crippen LogP contribution in [0.15, 0.2) is 29.1 Å². The molecule has 1 saturated heterocycles. The van der Waals surface area contributed by atoms with Gasteiger partial charge in [0.1, 0.15) is 5.69 Å². The molecule has 1 aliphatic rings. The molecule has 1 aromatic carbocycles. The molecule has 1 N–H and O–H groups in total. The van der Waals surface area contributed by atoms with Crippen LogP contribution < -0.4 is 5.56 Å². The van der Waals surface area contributed by atoms with Crippen molar-refractivity contribution >= 4 is 5.91 Å². The van der Waals surface area contributed by atoms with Crippen LogP contribution in [0.4, 0.5) is 0 Å². The molecular weight excluding hydrogens is 328 g/mol. The minimum Gasteiger partial charge on any atom is -0.340 e. The van der Waals surface area contributed by atoms with Gasteiger partial charge in [-0.2, -0.15) is 0 Å². The van der Waals surface area contributed by atoms with Crippen LogP contribution in [0.2, 0.25) is 0 Å². The molecule has 0 saturated carbocycles. The van der Waals surface area contributed by atoms with Gasteiger partial charge in [0.15, 0.2) is 0 Å². The van der Waals surface area contributed by atoms with Gasteiger partial charge in [-0.25, -0.2) is 4.68 Å². The van der Waals surface area contributed by atoms with Crippen LogP contribution in [0.1, 0.15) is 34.5 Å². The van der Waals surface area contributed by atoms with Crippen molar-refractivity contribution < 1.29 is 4.79 Å². The van der Waals surface area contributed by atoms with Crippen LogP contribution in [0, 0.1) is 19.8 Å². The summed E-state index contributed by atoms with van der Waals surface area (Å²) in [5.74, 6) is 0.342. The molecule has 0 radical (unpaired) electrons. The van der Waals surface area contributed by atoms with Crippen molar-refractivity contribution in [1.82, 2.24) is 19.6 Å². The monoisotopic (exact) mass is 356 g/mol. The van der Waals surface area contributed by atoms with E-state index < -0.39 is 0 Å². The average molecular weight is 356 g/mol. The second kappa shape index (κ2) is 7.50. The minimum atomic E-state index is -0.220. The number of aromatic nitrogens is 2. The first-order valence-corrected chi connectivity index (χ1v) is 9.19. The molecule has 1 unspecified atom stereocenters. The minimum absolute atomic E-state index is 0.141. The number of H-pyrrole nitrogens is 1. The van der Waals surface area contributed by atoms with E-state index in [4.69, 9.17) is 0 Å². The van der Waals surface area contributed by atoms with Crippen molar-refractivity contribution in [1.29, 1.82) is 0 Å². The lowest BCUT2D eigenvalue weighted by Gasteiger charge is -2.32. The summed E-state index contributed by atoms with van der Waals surface area (Å²) in [7, 11) is 3.93. The van der Waals surface area contributed by atoms with Crippen LogP contribution in [-0.2, 0) is 0 Å². The fourth-order valence-electron chi connectivity index (χ4n) is 3.66. The smallest absolute Gasteiger partial charge is 0.271 e. The molecule has 1 aliphatic heterocycles. The van der Waals surface area contributed by atoms with Crippen LogP contribution in [-0.4, -0.2) is 59.2 Å². The van der Waals surface area contributed by atoms with Crippen molar-refractivity contribution in [3.8, 4) is 5.69 Å². The molecular formula is C20H28N4O2. The van der Waals surface area contributed by atoms with Gasteiger partial charge < -0.3 is 9.80 Å². The van der Waals surface area contributed by atoms with E-state index in [1.54, 1.807) is 4.90 Å². The Morgan fingerprint density at radius 1 is 1.27 bits per heavy atom. The van der Waals surface area contributed by atoms with Gasteiger partial charge in [-0.15, -0.1) is 0 Å². The average Bonchev–Trinajstić information content (AvgIpc) is 2.98. The standard InChI is InChI=1S/C20H28N4O2/c1-14-7-8-17(10-15(14)2)24-19(25)11-18(21-24)20(26)23(4)13-16-6-5-9-22(3)12-16/h7-8,10-11,16,21H,5-6,9,12-13H2,1-4H3. The number of hydrogen-bond donors (Lipinski definition) is 1. The number of rotatable bonds is 4. The Kier molecular flexibility index (Phi) is 5.32. The maximum atomic E-state index is 12.7. The summed E-state index contributed by atoms with van der Waals surface area (Å²) in [4.78, 5) is 29.1. The largest absolute Gasteiger partial charge is 0.340 e. The number of carbonyl (C=O) groups excluding carboxylic acids is 1. The van der Waals surface area contributed by atoms with E-state index in [0.29, 0.717) is 18.2 Å². The summed E-state index contributed by atoms with van der Waals surface area (Å²) >= 11 is 0. The maximum Gasteiger partial charge on any atom is 0.271 e. The van der Waals surface area contributed by atoms with Crippen molar-refractivity contribution in [3.05, 3.63) is 51.4 Å². The fraction of sp³-hybridized carbons (Fsp3) is 0.500. The van der Waals surface area contributed by atoms with E-state index in [2.05, 4.69) is 17.0 Å². The molecule has 26 heavy (non-hydrogen) atoms. The molecule has 1 fully saturated rings. The van der Waals surface area contributed by atoms with E-state index >= 15 is 0 Å². The third-order valence-corrected chi connectivity index (χ3v) is 5.30.